The fourth-order valence-electron chi connectivity index (χ4n) is 6.28. The van der Waals surface area contributed by atoms with Gasteiger partial charge in [-0.05, 0) is 55.3 Å². The van der Waals surface area contributed by atoms with Gasteiger partial charge >= 0.3 is 0 Å². The van der Waals surface area contributed by atoms with Crippen molar-refractivity contribution in [3.8, 4) is 17.2 Å². The first-order valence-electron chi connectivity index (χ1n) is 14.8. The molecule has 9 nitrogen and oxygen atoms in total. The van der Waals surface area contributed by atoms with Gasteiger partial charge < -0.3 is 14.2 Å². The monoisotopic (exact) mass is 674 g/mol. The highest BCUT2D eigenvalue weighted by molar-refractivity contribution is 7.93. The number of hydrogen-bond acceptors (Lipinski definition) is 9. The lowest BCUT2D eigenvalue weighted by Crippen LogP contribution is -2.42. The van der Waals surface area contributed by atoms with Crippen molar-refractivity contribution in [3.63, 3.8) is 0 Å². The number of anilines is 1. The van der Waals surface area contributed by atoms with Crippen molar-refractivity contribution in [2.45, 2.75) is 49.2 Å². The number of aromatic nitrogens is 2. The summed E-state index contributed by atoms with van der Waals surface area (Å²) < 4.78 is 91.9. The first-order chi connectivity index (χ1) is 22.2. The SMILES string of the molecule is COc1ccc(CN(c2ncns2)S(=O)(=O)c2ccc3c(c2)OCC[C@H]3N2CCC(C(F)F)C[C@H]2c2ccc(F)cc2)c(OC)c1. The predicted octanol–water partition coefficient (Wildman–Crippen LogP) is 6.63. The van der Waals surface area contributed by atoms with E-state index in [4.69, 9.17) is 14.2 Å². The van der Waals surface area contributed by atoms with E-state index in [0.717, 1.165) is 22.7 Å². The van der Waals surface area contributed by atoms with Crippen LogP contribution in [0.3, 0.4) is 0 Å². The van der Waals surface area contributed by atoms with Gasteiger partial charge in [0.05, 0.1) is 32.3 Å². The van der Waals surface area contributed by atoms with E-state index < -0.39 is 28.2 Å². The van der Waals surface area contributed by atoms with E-state index >= 15 is 0 Å². The van der Waals surface area contributed by atoms with Crippen molar-refractivity contribution in [1.29, 1.82) is 0 Å². The number of ether oxygens (including phenoxy) is 3. The molecule has 1 fully saturated rings. The number of alkyl halides is 2. The maximum atomic E-state index is 14.2. The molecule has 6 rings (SSSR count). The molecule has 0 amide bonds. The van der Waals surface area contributed by atoms with Crippen LogP contribution in [0.5, 0.6) is 17.2 Å². The molecule has 3 aromatic carbocycles. The van der Waals surface area contributed by atoms with E-state index in [2.05, 4.69) is 14.3 Å². The fraction of sp³-hybridized carbons (Fsp3) is 0.375. The lowest BCUT2D eigenvalue weighted by Gasteiger charge is -2.45. The molecule has 244 valence electrons. The second-order valence-corrected chi connectivity index (χ2v) is 13.8. The van der Waals surface area contributed by atoms with Gasteiger partial charge in [0.15, 0.2) is 0 Å². The number of fused-ring (bicyclic) bond motifs is 1. The van der Waals surface area contributed by atoms with Crippen LogP contribution in [0.4, 0.5) is 18.3 Å². The molecule has 1 aromatic heterocycles. The number of methoxy groups -OCH3 is 2. The zero-order valence-corrected chi connectivity index (χ0v) is 26.8. The molecule has 2 aliphatic heterocycles. The minimum atomic E-state index is -4.17. The summed E-state index contributed by atoms with van der Waals surface area (Å²) in [5.41, 5.74) is 2.13. The zero-order valence-electron chi connectivity index (χ0n) is 25.2. The van der Waals surface area contributed by atoms with Crippen molar-refractivity contribution in [2.75, 3.05) is 31.7 Å². The largest absolute Gasteiger partial charge is 0.497 e. The zero-order chi connectivity index (χ0) is 32.4. The number of hydrogen-bond donors (Lipinski definition) is 0. The van der Waals surface area contributed by atoms with Crippen molar-refractivity contribution in [3.05, 3.63) is 89.5 Å². The van der Waals surface area contributed by atoms with E-state index in [9.17, 15) is 21.6 Å². The van der Waals surface area contributed by atoms with Crippen LogP contribution in [0.15, 0.2) is 71.9 Å². The van der Waals surface area contributed by atoms with Crippen LogP contribution in [-0.2, 0) is 16.6 Å². The van der Waals surface area contributed by atoms with Gasteiger partial charge in [-0.15, -0.1) is 0 Å². The molecule has 0 radical (unpaired) electrons. The van der Waals surface area contributed by atoms with Crippen molar-refractivity contribution in [1.82, 2.24) is 14.3 Å². The summed E-state index contributed by atoms with van der Waals surface area (Å²) in [4.78, 5) is 6.36. The maximum Gasteiger partial charge on any atom is 0.266 e. The third kappa shape index (κ3) is 6.38. The molecule has 3 atom stereocenters. The molecule has 1 unspecified atom stereocenters. The minimum Gasteiger partial charge on any atom is -0.497 e. The third-order valence-corrected chi connectivity index (χ3v) is 11.2. The van der Waals surface area contributed by atoms with Crippen LogP contribution in [0, 0.1) is 11.7 Å². The molecule has 46 heavy (non-hydrogen) atoms. The number of rotatable bonds is 10. The highest BCUT2D eigenvalue weighted by Gasteiger charge is 2.40. The summed E-state index contributed by atoms with van der Waals surface area (Å²) >= 11 is 0.947. The average molecular weight is 675 g/mol. The smallest absolute Gasteiger partial charge is 0.266 e. The molecular formula is C32H33F3N4O5S2. The Hall–Kier alpha value is -3.88. The Morgan fingerprint density at radius 3 is 2.54 bits per heavy atom. The standard InChI is InChI=1S/C32H33F3N4O5S2/c1-42-24-8-5-22(29(16-24)43-2)18-39(32-36-19-37-45-32)46(40,41)25-9-10-26-27(12-14-44-30(26)17-25)38-13-11-21(31(34)35)15-28(38)20-3-6-23(33)7-4-20/h3-10,16-17,19,21,27-28,31H,11-15,18H2,1-2H3/t21?,27-,28+/m1/s1. The van der Waals surface area contributed by atoms with Gasteiger partial charge in [-0.2, -0.15) is 4.37 Å². The maximum absolute atomic E-state index is 14.2. The molecular weight excluding hydrogens is 642 g/mol. The summed E-state index contributed by atoms with van der Waals surface area (Å²) in [7, 11) is -1.14. The molecule has 14 heteroatoms. The number of benzene rings is 3. The first kappa shape index (κ1) is 32.1. The van der Waals surface area contributed by atoms with Crippen LogP contribution < -0.4 is 18.5 Å². The average Bonchev–Trinajstić information content (AvgIpc) is 3.61. The highest BCUT2D eigenvalue weighted by Crippen LogP contribution is 2.46. The molecule has 4 aromatic rings. The summed E-state index contributed by atoms with van der Waals surface area (Å²) in [6.45, 7) is 0.647. The molecule has 0 aliphatic carbocycles. The molecule has 0 saturated carbocycles. The summed E-state index contributed by atoms with van der Waals surface area (Å²) in [5, 5.41) is 0.179. The highest BCUT2D eigenvalue weighted by atomic mass is 32.2. The third-order valence-electron chi connectivity index (χ3n) is 8.65. The van der Waals surface area contributed by atoms with Crippen LogP contribution in [-0.4, -0.2) is 56.5 Å². The number of likely N-dealkylation sites (tertiary alicyclic amines) is 1. The summed E-state index contributed by atoms with van der Waals surface area (Å²) in [6, 6.07) is 15.3. The van der Waals surface area contributed by atoms with Crippen LogP contribution in [0.1, 0.15) is 48.0 Å². The van der Waals surface area contributed by atoms with Crippen molar-refractivity contribution in [2.24, 2.45) is 5.92 Å². The van der Waals surface area contributed by atoms with E-state index in [1.165, 1.54) is 49.1 Å². The number of halogens is 3. The molecule has 1 saturated heterocycles. The Bertz CT molecular complexity index is 1760. The normalized spacial score (nSPS) is 20.2. The van der Waals surface area contributed by atoms with E-state index in [1.807, 2.05) is 0 Å². The molecule has 0 bridgehead atoms. The number of piperidine rings is 1. The summed E-state index contributed by atoms with van der Waals surface area (Å²) in [6.07, 6.45) is -0.0181. The Morgan fingerprint density at radius 2 is 1.85 bits per heavy atom. The first-order valence-corrected chi connectivity index (χ1v) is 17.0. The van der Waals surface area contributed by atoms with Gasteiger partial charge in [0.1, 0.15) is 29.4 Å². The van der Waals surface area contributed by atoms with Crippen LogP contribution >= 0.6 is 11.5 Å². The Kier molecular flexibility index (Phi) is 9.39. The van der Waals surface area contributed by atoms with Gasteiger partial charge in [-0.1, -0.05) is 18.2 Å². The Balaban J connectivity index is 1.33. The lowest BCUT2D eigenvalue weighted by atomic mass is 9.84. The Labute approximate surface area is 269 Å². The lowest BCUT2D eigenvalue weighted by molar-refractivity contribution is -0.0134. The van der Waals surface area contributed by atoms with Crippen LogP contribution in [0.2, 0.25) is 0 Å². The Morgan fingerprint density at radius 1 is 1.04 bits per heavy atom. The second-order valence-electron chi connectivity index (χ2n) is 11.2. The molecule has 0 N–H and O–H groups in total. The van der Waals surface area contributed by atoms with E-state index in [0.29, 0.717) is 48.8 Å². The second kappa shape index (κ2) is 13.5. The number of sulfonamides is 1. The quantitative estimate of drug-likeness (QED) is 0.185. The van der Waals surface area contributed by atoms with Gasteiger partial charge in [0, 0.05) is 59.2 Å². The fourth-order valence-corrected chi connectivity index (χ4v) is 8.42. The molecule has 3 heterocycles. The van der Waals surface area contributed by atoms with Gasteiger partial charge in [-0.3, -0.25) is 4.90 Å². The van der Waals surface area contributed by atoms with Gasteiger partial charge in [0.25, 0.3) is 10.0 Å². The van der Waals surface area contributed by atoms with Crippen LogP contribution in [0.25, 0.3) is 0 Å². The van der Waals surface area contributed by atoms with Gasteiger partial charge in [-0.25, -0.2) is 30.9 Å². The molecule has 2 aliphatic rings. The van der Waals surface area contributed by atoms with E-state index in [-0.39, 0.29) is 35.1 Å². The molecule has 0 spiro atoms. The predicted molar refractivity (Wildman–Crippen MR) is 167 cm³/mol. The summed E-state index contributed by atoms with van der Waals surface area (Å²) in [5.74, 6) is 0.258. The van der Waals surface area contributed by atoms with E-state index in [1.54, 1.807) is 36.4 Å². The topological polar surface area (TPSA) is 94.1 Å². The van der Waals surface area contributed by atoms with Crippen molar-refractivity contribution >= 4 is 26.7 Å². The van der Waals surface area contributed by atoms with Crippen molar-refractivity contribution < 1.29 is 35.8 Å². The van der Waals surface area contributed by atoms with Gasteiger partial charge in [0.2, 0.25) is 11.6 Å². The minimum absolute atomic E-state index is 0.000992. The number of nitrogens with zero attached hydrogens (tertiary/aromatic N) is 4.